The van der Waals surface area contributed by atoms with Crippen molar-refractivity contribution in [1.82, 2.24) is 15.8 Å². The highest BCUT2D eigenvalue weighted by Crippen LogP contribution is 2.05. The maximum absolute atomic E-state index is 11.7. The second-order valence-corrected chi connectivity index (χ2v) is 4.11. The van der Waals surface area contributed by atoms with Gasteiger partial charge in [0.1, 0.15) is 6.61 Å². The first-order valence-electron chi connectivity index (χ1n) is 5.94. The average molecular weight is 278 g/mol. The minimum atomic E-state index is -0.608. The van der Waals surface area contributed by atoms with Crippen LogP contribution in [0, 0.1) is 0 Å². The van der Waals surface area contributed by atoms with Gasteiger partial charge in [0.05, 0.1) is 13.1 Å². The van der Waals surface area contributed by atoms with E-state index in [1.807, 2.05) is 0 Å². The van der Waals surface area contributed by atoms with Crippen LogP contribution in [0.3, 0.4) is 0 Å². The SMILES string of the molecule is Nc1ccc(C(=O)NCC(=O)NN2CCOC2=O)cc1. The summed E-state index contributed by atoms with van der Waals surface area (Å²) in [5.41, 5.74) is 8.78. The molecule has 1 saturated heterocycles. The lowest BCUT2D eigenvalue weighted by molar-refractivity contribution is -0.123. The fraction of sp³-hybridized carbons (Fsp3) is 0.250. The van der Waals surface area contributed by atoms with Crippen LogP contribution in [0.1, 0.15) is 10.4 Å². The Labute approximate surface area is 114 Å². The van der Waals surface area contributed by atoms with Crippen LogP contribution in [-0.2, 0) is 9.53 Å². The minimum Gasteiger partial charge on any atom is -0.446 e. The highest BCUT2D eigenvalue weighted by molar-refractivity contribution is 5.96. The van der Waals surface area contributed by atoms with Crippen LogP contribution in [0.15, 0.2) is 24.3 Å². The maximum atomic E-state index is 11.7. The molecule has 1 aliphatic heterocycles. The number of carbonyl (C=O) groups is 3. The molecule has 0 atom stereocenters. The smallest absolute Gasteiger partial charge is 0.428 e. The summed E-state index contributed by atoms with van der Waals surface area (Å²) >= 11 is 0. The molecule has 4 N–H and O–H groups in total. The quantitative estimate of drug-likeness (QED) is 0.641. The van der Waals surface area contributed by atoms with E-state index in [1.54, 1.807) is 24.3 Å². The topological polar surface area (TPSA) is 114 Å². The van der Waals surface area contributed by atoms with Crippen LogP contribution in [0.5, 0.6) is 0 Å². The van der Waals surface area contributed by atoms with Crippen LogP contribution in [0.4, 0.5) is 10.5 Å². The Hall–Kier alpha value is -2.77. The zero-order valence-electron chi connectivity index (χ0n) is 10.6. The molecular weight excluding hydrogens is 264 g/mol. The lowest BCUT2D eigenvalue weighted by Crippen LogP contribution is -2.47. The van der Waals surface area contributed by atoms with Gasteiger partial charge in [-0.1, -0.05) is 0 Å². The summed E-state index contributed by atoms with van der Waals surface area (Å²) in [6.07, 6.45) is -0.608. The maximum Gasteiger partial charge on any atom is 0.428 e. The predicted octanol–water partition coefficient (Wildman–Crippen LogP) is -0.518. The predicted molar refractivity (Wildman–Crippen MR) is 69.4 cm³/mol. The summed E-state index contributed by atoms with van der Waals surface area (Å²) in [5, 5.41) is 3.49. The molecule has 20 heavy (non-hydrogen) atoms. The Bertz CT molecular complexity index is 529. The Morgan fingerprint density at radius 3 is 2.60 bits per heavy atom. The molecule has 1 heterocycles. The molecule has 0 saturated carbocycles. The molecule has 8 nitrogen and oxygen atoms in total. The van der Waals surface area contributed by atoms with Crippen molar-refractivity contribution >= 4 is 23.6 Å². The second kappa shape index (κ2) is 5.91. The Morgan fingerprint density at radius 1 is 1.30 bits per heavy atom. The van der Waals surface area contributed by atoms with Gasteiger partial charge in [-0.05, 0) is 24.3 Å². The van der Waals surface area contributed by atoms with E-state index in [9.17, 15) is 14.4 Å². The van der Waals surface area contributed by atoms with E-state index in [4.69, 9.17) is 5.73 Å². The highest BCUT2D eigenvalue weighted by Gasteiger charge is 2.23. The van der Waals surface area contributed by atoms with Crippen LogP contribution in [0.25, 0.3) is 0 Å². The van der Waals surface area contributed by atoms with E-state index < -0.39 is 17.9 Å². The van der Waals surface area contributed by atoms with E-state index in [-0.39, 0.29) is 19.7 Å². The summed E-state index contributed by atoms with van der Waals surface area (Å²) < 4.78 is 4.65. The Balaban J connectivity index is 1.79. The number of nitrogen functional groups attached to an aromatic ring is 1. The molecule has 1 aliphatic rings. The number of nitrogens with two attached hydrogens (primary N) is 1. The summed E-state index contributed by atoms with van der Waals surface area (Å²) in [6.45, 7) is 0.278. The summed E-state index contributed by atoms with van der Waals surface area (Å²) in [7, 11) is 0. The highest BCUT2D eigenvalue weighted by atomic mass is 16.6. The zero-order chi connectivity index (χ0) is 14.5. The number of carbonyl (C=O) groups excluding carboxylic acids is 3. The third-order valence-electron chi connectivity index (χ3n) is 2.60. The van der Waals surface area contributed by atoms with E-state index in [2.05, 4.69) is 15.5 Å². The summed E-state index contributed by atoms with van der Waals surface area (Å²) in [5.74, 6) is -0.906. The Morgan fingerprint density at radius 2 is 2.00 bits per heavy atom. The molecule has 0 spiro atoms. The fourth-order valence-electron chi connectivity index (χ4n) is 1.58. The van der Waals surface area contributed by atoms with Gasteiger partial charge in [0.15, 0.2) is 0 Å². The number of cyclic esters (lactones) is 1. The van der Waals surface area contributed by atoms with E-state index in [1.165, 1.54) is 0 Å². The van der Waals surface area contributed by atoms with E-state index in [0.717, 1.165) is 5.01 Å². The number of hydrazine groups is 1. The average Bonchev–Trinajstić information content (AvgIpc) is 2.82. The van der Waals surface area contributed by atoms with Crippen molar-refractivity contribution in [2.24, 2.45) is 0 Å². The number of amides is 3. The molecule has 1 aromatic carbocycles. The Kier molecular flexibility index (Phi) is 4.04. The summed E-state index contributed by atoms with van der Waals surface area (Å²) in [4.78, 5) is 34.4. The molecule has 1 fully saturated rings. The van der Waals surface area contributed by atoms with Crippen LogP contribution in [0.2, 0.25) is 0 Å². The molecule has 0 bridgehead atoms. The van der Waals surface area contributed by atoms with Crippen molar-refractivity contribution in [3.63, 3.8) is 0 Å². The molecule has 0 unspecified atom stereocenters. The van der Waals surface area contributed by atoms with Crippen molar-refractivity contribution in [3.8, 4) is 0 Å². The number of nitrogens with one attached hydrogen (secondary N) is 2. The van der Waals surface area contributed by atoms with Gasteiger partial charge in [0.25, 0.3) is 11.8 Å². The molecular formula is C12H14N4O4. The first-order valence-corrected chi connectivity index (χ1v) is 5.94. The molecule has 0 aromatic heterocycles. The van der Waals surface area contributed by atoms with Gasteiger partial charge in [0.2, 0.25) is 0 Å². The first-order chi connectivity index (χ1) is 9.56. The van der Waals surface area contributed by atoms with Crippen molar-refractivity contribution in [1.29, 1.82) is 0 Å². The zero-order valence-corrected chi connectivity index (χ0v) is 10.6. The van der Waals surface area contributed by atoms with Crippen LogP contribution < -0.4 is 16.5 Å². The molecule has 2 rings (SSSR count). The number of hydrogen-bond acceptors (Lipinski definition) is 5. The first kappa shape index (κ1) is 13.7. The third kappa shape index (κ3) is 3.37. The molecule has 106 valence electrons. The van der Waals surface area contributed by atoms with Crippen molar-refractivity contribution in [2.75, 3.05) is 25.4 Å². The number of rotatable bonds is 4. The molecule has 3 amide bonds. The minimum absolute atomic E-state index is 0.233. The second-order valence-electron chi connectivity index (χ2n) is 4.11. The fourth-order valence-corrected chi connectivity index (χ4v) is 1.58. The third-order valence-corrected chi connectivity index (χ3v) is 2.60. The van der Waals surface area contributed by atoms with E-state index >= 15 is 0 Å². The van der Waals surface area contributed by atoms with Crippen molar-refractivity contribution in [3.05, 3.63) is 29.8 Å². The molecule has 0 aliphatic carbocycles. The molecule has 1 aromatic rings. The van der Waals surface area contributed by atoms with Crippen molar-refractivity contribution < 1.29 is 19.1 Å². The van der Waals surface area contributed by atoms with Gasteiger partial charge in [0, 0.05) is 11.3 Å². The van der Waals surface area contributed by atoms with E-state index in [0.29, 0.717) is 11.3 Å². The normalized spacial score (nSPS) is 13.8. The van der Waals surface area contributed by atoms with Gasteiger partial charge in [-0.25, -0.2) is 9.80 Å². The number of anilines is 1. The lowest BCUT2D eigenvalue weighted by Gasteiger charge is -2.14. The number of ether oxygens (including phenoxy) is 1. The standard InChI is InChI=1S/C12H14N4O4/c13-9-3-1-8(2-4-9)11(18)14-7-10(17)15-16-5-6-20-12(16)19/h1-4H,5-7,13H2,(H,14,18)(H,15,17). The number of nitrogens with zero attached hydrogens (tertiary/aromatic N) is 1. The number of benzene rings is 1. The van der Waals surface area contributed by atoms with Crippen LogP contribution in [-0.4, -0.2) is 42.6 Å². The monoisotopic (exact) mass is 278 g/mol. The van der Waals surface area contributed by atoms with Gasteiger partial charge >= 0.3 is 6.09 Å². The van der Waals surface area contributed by atoms with Gasteiger partial charge in [-0.15, -0.1) is 0 Å². The largest absolute Gasteiger partial charge is 0.446 e. The number of hydrogen-bond donors (Lipinski definition) is 3. The lowest BCUT2D eigenvalue weighted by atomic mass is 10.2. The van der Waals surface area contributed by atoms with Crippen LogP contribution >= 0.6 is 0 Å². The van der Waals surface area contributed by atoms with Gasteiger partial charge < -0.3 is 15.8 Å². The molecule has 0 radical (unpaired) electrons. The molecule has 8 heteroatoms. The van der Waals surface area contributed by atoms with Gasteiger partial charge in [-0.3, -0.25) is 15.0 Å². The summed E-state index contributed by atoms with van der Waals surface area (Å²) in [6, 6.07) is 6.30. The van der Waals surface area contributed by atoms with Crippen molar-refractivity contribution in [2.45, 2.75) is 0 Å². The van der Waals surface area contributed by atoms with Gasteiger partial charge in [-0.2, -0.15) is 0 Å².